The fraction of sp³-hybridized carbons (Fsp3) is 0.850. The van der Waals surface area contributed by atoms with Gasteiger partial charge >= 0.3 is 5.91 Å². The molecule has 258 valence electrons. The average molecular weight is 619 g/mol. The third-order valence-corrected chi connectivity index (χ3v) is 9.09. The van der Waals surface area contributed by atoms with Crippen LogP contribution in [0, 0.1) is 0 Å². The average Bonchev–Trinajstić information content (AvgIpc) is 3.01. The van der Waals surface area contributed by atoms with Crippen LogP contribution in [0.1, 0.15) is 194 Å². The monoisotopic (exact) mass is 619 g/mol. The lowest BCUT2D eigenvalue weighted by Crippen LogP contribution is -2.53. The minimum Gasteiger partial charge on any atom is -0.390 e. The quantitative estimate of drug-likeness (QED) is 0.0443. The van der Waals surface area contributed by atoms with Gasteiger partial charge in [0, 0.05) is 6.42 Å². The molecular formula is C40H76NO3+. The van der Waals surface area contributed by atoms with Crippen LogP contribution in [0.4, 0.5) is 0 Å². The first-order valence-corrected chi connectivity index (χ1v) is 19.3. The minimum absolute atomic E-state index is 0.0593. The highest BCUT2D eigenvalue weighted by atomic mass is 16.3. The first kappa shape index (κ1) is 42.7. The number of unbranched alkanes of at least 4 members (excludes halogenated alkanes) is 22. The number of aliphatic hydroxyl groups is 1. The van der Waals surface area contributed by atoms with E-state index in [1.807, 2.05) is 7.05 Å². The molecule has 0 aliphatic heterocycles. The number of nitrogens with zero attached hydrogens (tertiary/aromatic N) is 1. The van der Waals surface area contributed by atoms with Crippen LogP contribution in [-0.4, -0.2) is 48.0 Å². The van der Waals surface area contributed by atoms with E-state index < -0.39 is 0 Å². The normalized spacial score (nSPS) is 13.3. The number of hydrogen-bond acceptors (Lipinski definition) is 3. The van der Waals surface area contributed by atoms with Crippen LogP contribution in [0.2, 0.25) is 0 Å². The molecule has 1 amide bonds. The summed E-state index contributed by atoms with van der Waals surface area (Å²) >= 11 is 0. The van der Waals surface area contributed by atoms with Gasteiger partial charge < -0.3 is 5.11 Å². The molecule has 1 unspecified atom stereocenters. The Labute approximate surface area is 275 Å². The van der Waals surface area contributed by atoms with Crippen LogP contribution in [0.3, 0.4) is 0 Å². The van der Waals surface area contributed by atoms with Gasteiger partial charge in [-0.2, -0.15) is 0 Å². The number of likely N-dealkylation sites (N-methyl/N-ethyl adjacent to an activating group) is 1. The fourth-order valence-electron chi connectivity index (χ4n) is 5.99. The van der Waals surface area contributed by atoms with Crippen molar-refractivity contribution in [1.82, 2.24) is 0 Å². The van der Waals surface area contributed by atoms with Crippen LogP contribution < -0.4 is 0 Å². The molecule has 0 aliphatic rings. The number of carbonyl (C=O) groups excluding carboxylic acids is 2. The Kier molecular flexibility index (Phi) is 32.2. The highest BCUT2D eigenvalue weighted by Gasteiger charge is 2.32. The van der Waals surface area contributed by atoms with E-state index in [2.05, 4.69) is 38.2 Å². The number of carbonyl (C=O) groups is 2. The molecule has 1 atom stereocenters. The summed E-state index contributed by atoms with van der Waals surface area (Å²) in [5, 5.41) is 9.59. The van der Waals surface area contributed by atoms with E-state index in [1.54, 1.807) is 0 Å². The van der Waals surface area contributed by atoms with Gasteiger partial charge in [-0.1, -0.05) is 141 Å². The topological polar surface area (TPSA) is 54.4 Å². The van der Waals surface area contributed by atoms with Gasteiger partial charge in [0.15, 0.2) is 5.78 Å². The second kappa shape index (κ2) is 33.1. The Balaban J connectivity index is 3.86. The number of amides is 1. The van der Waals surface area contributed by atoms with Crippen LogP contribution in [-0.2, 0) is 9.59 Å². The van der Waals surface area contributed by atoms with Gasteiger partial charge in [0.1, 0.15) is 13.1 Å². The standard InChI is InChI=1S/C40H76NO3/c1-4-6-8-10-12-14-16-18-20-22-24-26-28-30-32-34-39(43)38-41(3,36-37-42)40(44)35-33-31-29-27-25-23-21-19-17-15-13-11-9-7-5-2/h18-21,42H,4-17,22-38H2,1-3H3/q+1/b20-18-,21-19-. The van der Waals surface area contributed by atoms with Crippen LogP contribution >= 0.6 is 0 Å². The zero-order chi connectivity index (χ0) is 32.4. The molecule has 0 aromatic rings. The number of hydrogen-bond donors (Lipinski definition) is 1. The predicted molar refractivity (Wildman–Crippen MR) is 192 cm³/mol. The number of Topliss-reactive ketones (excluding diaryl/α,β-unsaturated/α-hetero) is 1. The summed E-state index contributed by atoms with van der Waals surface area (Å²) in [6.07, 6.45) is 42.8. The van der Waals surface area contributed by atoms with Crippen molar-refractivity contribution in [3.63, 3.8) is 0 Å². The predicted octanol–water partition coefficient (Wildman–Crippen LogP) is 11.6. The number of rotatable bonds is 34. The minimum atomic E-state index is -0.0602. The van der Waals surface area contributed by atoms with E-state index in [1.165, 1.54) is 135 Å². The molecule has 44 heavy (non-hydrogen) atoms. The van der Waals surface area contributed by atoms with Crippen molar-refractivity contribution in [3.05, 3.63) is 24.3 Å². The van der Waals surface area contributed by atoms with Gasteiger partial charge in [0.2, 0.25) is 0 Å². The van der Waals surface area contributed by atoms with Crippen LogP contribution in [0.25, 0.3) is 0 Å². The molecule has 0 spiro atoms. The molecule has 0 aliphatic carbocycles. The number of aliphatic hydroxyl groups excluding tert-OH is 1. The second-order valence-corrected chi connectivity index (χ2v) is 13.6. The number of allylic oxidation sites excluding steroid dienone is 4. The second-order valence-electron chi connectivity index (χ2n) is 13.6. The van der Waals surface area contributed by atoms with Gasteiger partial charge in [0.25, 0.3) is 0 Å². The van der Waals surface area contributed by atoms with Crippen molar-refractivity contribution >= 4 is 11.7 Å². The Morgan fingerprint density at radius 3 is 1.23 bits per heavy atom. The van der Waals surface area contributed by atoms with Gasteiger partial charge in [0.05, 0.1) is 20.1 Å². The Morgan fingerprint density at radius 1 is 0.500 bits per heavy atom. The van der Waals surface area contributed by atoms with E-state index in [0.717, 1.165) is 32.1 Å². The zero-order valence-corrected chi connectivity index (χ0v) is 29.9. The molecule has 0 bridgehead atoms. The molecule has 0 aromatic carbocycles. The molecule has 0 radical (unpaired) electrons. The molecule has 0 heterocycles. The first-order valence-electron chi connectivity index (χ1n) is 19.3. The summed E-state index contributed by atoms with van der Waals surface area (Å²) in [4.78, 5) is 25.8. The van der Waals surface area contributed by atoms with E-state index in [4.69, 9.17) is 0 Å². The SMILES string of the molecule is CCCCCCCC/C=C\CCCCCCCC(=O)C[N+](C)(CCO)C(=O)CCCCCCC/C=C\CCCCCCCC. The molecule has 1 N–H and O–H groups in total. The van der Waals surface area contributed by atoms with Crippen molar-refractivity contribution in [2.45, 2.75) is 194 Å². The number of quaternary nitrogens is 1. The Bertz CT molecular complexity index is 701. The van der Waals surface area contributed by atoms with E-state index in [9.17, 15) is 14.7 Å². The Morgan fingerprint density at radius 2 is 0.841 bits per heavy atom. The van der Waals surface area contributed by atoms with E-state index in [-0.39, 0.29) is 29.3 Å². The lowest BCUT2D eigenvalue weighted by molar-refractivity contribution is -0.827. The van der Waals surface area contributed by atoms with Crippen molar-refractivity contribution in [3.8, 4) is 0 Å². The fourth-order valence-corrected chi connectivity index (χ4v) is 5.99. The van der Waals surface area contributed by atoms with Crippen molar-refractivity contribution in [2.75, 3.05) is 26.7 Å². The molecule has 0 rings (SSSR count). The number of ketones is 1. The first-order chi connectivity index (χ1) is 21.5. The lowest BCUT2D eigenvalue weighted by atomic mass is 10.1. The Hall–Kier alpha value is -1.26. The third-order valence-electron chi connectivity index (χ3n) is 9.09. The van der Waals surface area contributed by atoms with Crippen molar-refractivity contribution < 1.29 is 19.2 Å². The van der Waals surface area contributed by atoms with Crippen LogP contribution in [0.5, 0.6) is 0 Å². The van der Waals surface area contributed by atoms with Crippen molar-refractivity contribution in [1.29, 1.82) is 0 Å². The van der Waals surface area contributed by atoms with Gasteiger partial charge in [-0.25, -0.2) is 4.79 Å². The maximum absolute atomic E-state index is 13.0. The van der Waals surface area contributed by atoms with Gasteiger partial charge in [-0.05, 0) is 64.2 Å². The maximum Gasteiger partial charge on any atom is 0.313 e. The lowest BCUT2D eigenvalue weighted by Gasteiger charge is -2.30. The molecular weight excluding hydrogens is 542 g/mol. The van der Waals surface area contributed by atoms with Crippen LogP contribution in [0.15, 0.2) is 24.3 Å². The van der Waals surface area contributed by atoms with E-state index >= 15 is 0 Å². The summed E-state index contributed by atoms with van der Waals surface area (Å²) < 4.78 is 0.0593. The maximum atomic E-state index is 13.0. The molecule has 0 aromatic heterocycles. The van der Waals surface area contributed by atoms with E-state index in [0.29, 0.717) is 19.4 Å². The highest BCUT2D eigenvalue weighted by Crippen LogP contribution is 2.15. The van der Waals surface area contributed by atoms with Gasteiger partial charge in [-0.3, -0.25) is 9.28 Å². The molecule has 0 fully saturated rings. The smallest absolute Gasteiger partial charge is 0.313 e. The van der Waals surface area contributed by atoms with Gasteiger partial charge in [-0.15, -0.1) is 0 Å². The summed E-state index contributed by atoms with van der Waals surface area (Å²) in [5.74, 6) is 0.269. The molecule has 4 heteroatoms. The summed E-state index contributed by atoms with van der Waals surface area (Å²) in [6, 6.07) is 0. The molecule has 0 saturated heterocycles. The highest BCUT2D eigenvalue weighted by molar-refractivity contribution is 5.82. The molecule has 0 saturated carbocycles. The third kappa shape index (κ3) is 28.2. The largest absolute Gasteiger partial charge is 0.390 e. The molecule has 4 nitrogen and oxygen atoms in total. The summed E-state index contributed by atoms with van der Waals surface area (Å²) in [5.41, 5.74) is 0. The van der Waals surface area contributed by atoms with Crippen molar-refractivity contribution in [2.24, 2.45) is 0 Å². The summed E-state index contributed by atoms with van der Waals surface area (Å²) in [6.45, 7) is 5.04. The summed E-state index contributed by atoms with van der Waals surface area (Å²) in [7, 11) is 1.84. The zero-order valence-electron chi connectivity index (χ0n) is 29.9.